The molecule has 0 aliphatic carbocycles. The summed E-state index contributed by atoms with van der Waals surface area (Å²) in [5.74, 6) is -0.278. The summed E-state index contributed by atoms with van der Waals surface area (Å²) in [6, 6.07) is 10.7. The Hall–Kier alpha value is -1.22. The molecule has 2 saturated heterocycles. The number of halogens is 3. The minimum atomic E-state index is -3.82. The highest BCUT2D eigenvalue weighted by atomic mass is 35.5. The summed E-state index contributed by atoms with van der Waals surface area (Å²) in [6.45, 7) is 2.29. The van der Waals surface area contributed by atoms with E-state index in [4.69, 9.17) is 23.2 Å². The highest BCUT2D eigenvalue weighted by Gasteiger charge is 2.54. The molecule has 2 aromatic carbocycles. The van der Waals surface area contributed by atoms with Gasteiger partial charge in [0.2, 0.25) is 10.0 Å². The topological polar surface area (TPSA) is 60.9 Å². The molecular formula is C20H21Cl2FN2O3S. The van der Waals surface area contributed by atoms with Gasteiger partial charge in [-0.1, -0.05) is 35.3 Å². The first-order chi connectivity index (χ1) is 13.7. The van der Waals surface area contributed by atoms with Crippen LogP contribution in [-0.4, -0.2) is 55.5 Å². The van der Waals surface area contributed by atoms with Crippen molar-refractivity contribution in [3.05, 3.63) is 63.9 Å². The number of rotatable bonds is 5. The molecule has 2 fully saturated rings. The maximum atomic E-state index is 13.2. The SMILES string of the molecule is O=S(=O)(c1cc(Cl)ccc1Cl)N1CC2CN(Cc3ccc(F)cc3)CC2(CO)C1. The summed E-state index contributed by atoms with van der Waals surface area (Å²) in [4.78, 5) is 2.17. The summed E-state index contributed by atoms with van der Waals surface area (Å²) in [7, 11) is -3.82. The van der Waals surface area contributed by atoms with E-state index in [1.165, 1.54) is 28.6 Å². The van der Waals surface area contributed by atoms with Crippen LogP contribution < -0.4 is 0 Å². The van der Waals surface area contributed by atoms with E-state index in [1.54, 1.807) is 18.2 Å². The first-order valence-electron chi connectivity index (χ1n) is 9.26. The Kier molecular flexibility index (Phi) is 5.65. The lowest BCUT2D eigenvalue weighted by atomic mass is 9.82. The predicted molar refractivity (Wildman–Crippen MR) is 110 cm³/mol. The van der Waals surface area contributed by atoms with Crippen LogP contribution in [0.2, 0.25) is 10.0 Å². The van der Waals surface area contributed by atoms with Crippen LogP contribution in [0.3, 0.4) is 0 Å². The van der Waals surface area contributed by atoms with Gasteiger partial charge in [-0.3, -0.25) is 4.90 Å². The number of likely N-dealkylation sites (tertiary alicyclic amines) is 1. The van der Waals surface area contributed by atoms with Gasteiger partial charge in [-0.25, -0.2) is 12.8 Å². The maximum Gasteiger partial charge on any atom is 0.244 e. The summed E-state index contributed by atoms with van der Waals surface area (Å²) < 4.78 is 40.8. The number of aliphatic hydroxyl groups excluding tert-OH is 1. The molecule has 0 bridgehead atoms. The first-order valence-corrected chi connectivity index (χ1v) is 11.5. The molecule has 0 spiro atoms. The Morgan fingerprint density at radius 2 is 1.83 bits per heavy atom. The fourth-order valence-electron chi connectivity index (χ4n) is 4.43. The highest BCUT2D eigenvalue weighted by Crippen LogP contribution is 2.45. The second-order valence-corrected chi connectivity index (χ2v) is 10.6. The fourth-order valence-corrected chi connectivity index (χ4v) is 6.75. The van der Waals surface area contributed by atoms with Crippen molar-refractivity contribution >= 4 is 33.2 Å². The van der Waals surface area contributed by atoms with Gasteiger partial charge in [0.1, 0.15) is 10.7 Å². The zero-order chi connectivity index (χ0) is 20.8. The Balaban J connectivity index is 1.52. The quantitative estimate of drug-likeness (QED) is 0.746. The molecule has 29 heavy (non-hydrogen) atoms. The molecule has 156 valence electrons. The van der Waals surface area contributed by atoms with E-state index in [0.29, 0.717) is 31.2 Å². The lowest BCUT2D eigenvalue weighted by Gasteiger charge is -2.27. The number of hydrogen-bond acceptors (Lipinski definition) is 4. The first kappa shape index (κ1) is 21.0. The lowest BCUT2D eigenvalue weighted by Crippen LogP contribution is -2.38. The van der Waals surface area contributed by atoms with Crippen molar-refractivity contribution in [3.63, 3.8) is 0 Å². The van der Waals surface area contributed by atoms with E-state index >= 15 is 0 Å². The zero-order valence-electron chi connectivity index (χ0n) is 15.6. The van der Waals surface area contributed by atoms with E-state index in [0.717, 1.165) is 5.56 Å². The summed E-state index contributed by atoms with van der Waals surface area (Å²) in [5, 5.41) is 10.6. The average molecular weight is 459 g/mol. The lowest BCUT2D eigenvalue weighted by molar-refractivity contribution is 0.119. The predicted octanol–water partition coefficient (Wildman–Crippen LogP) is 3.25. The largest absolute Gasteiger partial charge is 0.396 e. The van der Waals surface area contributed by atoms with Crippen LogP contribution in [0.15, 0.2) is 47.4 Å². The minimum absolute atomic E-state index is 0.000632. The molecule has 0 saturated carbocycles. The Morgan fingerprint density at radius 3 is 2.48 bits per heavy atom. The molecular weight excluding hydrogens is 438 g/mol. The van der Waals surface area contributed by atoms with Gasteiger partial charge in [-0.15, -0.1) is 0 Å². The third-order valence-corrected chi connectivity index (χ3v) is 8.47. The van der Waals surface area contributed by atoms with Crippen LogP contribution in [0.25, 0.3) is 0 Å². The molecule has 2 aromatic rings. The molecule has 0 aromatic heterocycles. The molecule has 5 nitrogen and oxygen atoms in total. The second-order valence-electron chi connectivity index (χ2n) is 7.89. The zero-order valence-corrected chi connectivity index (χ0v) is 17.9. The maximum absolute atomic E-state index is 13.2. The normalized spacial score (nSPS) is 25.4. The molecule has 0 amide bonds. The standard InChI is InChI=1S/C20H21Cl2FN2O3S/c21-16-3-6-18(22)19(7-16)29(27,28)25-10-15-9-24(11-20(15,12-25)13-26)8-14-1-4-17(23)5-2-14/h1-7,15,26H,8-13H2. The van der Waals surface area contributed by atoms with Crippen molar-refractivity contribution < 1.29 is 17.9 Å². The van der Waals surface area contributed by atoms with Crippen molar-refractivity contribution in [3.8, 4) is 0 Å². The van der Waals surface area contributed by atoms with Crippen molar-refractivity contribution in [1.29, 1.82) is 0 Å². The van der Waals surface area contributed by atoms with Gasteiger partial charge in [-0.05, 0) is 41.8 Å². The molecule has 0 radical (unpaired) electrons. The summed E-state index contributed by atoms with van der Waals surface area (Å²) in [6.07, 6.45) is 0. The number of benzene rings is 2. The van der Waals surface area contributed by atoms with Crippen LogP contribution in [0.5, 0.6) is 0 Å². The molecule has 2 aliphatic rings. The van der Waals surface area contributed by atoms with Crippen molar-refractivity contribution in [1.82, 2.24) is 9.21 Å². The van der Waals surface area contributed by atoms with Crippen LogP contribution >= 0.6 is 23.2 Å². The summed E-state index contributed by atoms with van der Waals surface area (Å²) in [5.41, 5.74) is 0.452. The smallest absolute Gasteiger partial charge is 0.244 e. The van der Waals surface area contributed by atoms with Crippen LogP contribution in [0.1, 0.15) is 5.56 Å². The van der Waals surface area contributed by atoms with E-state index in [1.807, 2.05) is 0 Å². The van der Waals surface area contributed by atoms with Gasteiger partial charge in [0.15, 0.2) is 0 Å². The monoisotopic (exact) mass is 458 g/mol. The number of hydrogen-bond donors (Lipinski definition) is 1. The minimum Gasteiger partial charge on any atom is -0.396 e. The van der Waals surface area contributed by atoms with Crippen molar-refractivity contribution in [2.75, 3.05) is 32.8 Å². The molecule has 2 atom stereocenters. The Labute approximate surface area is 179 Å². The second kappa shape index (κ2) is 7.80. The summed E-state index contributed by atoms with van der Waals surface area (Å²) >= 11 is 12.1. The Morgan fingerprint density at radius 1 is 1.10 bits per heavy atom. The molecule has 2 aliphatic heterocycles. The molecule has 2 heterocycles. The van der Waals surface area contributed by atoms with E-state index in [9.17, 15) is 17.9 Å². The van der Waals surface area contributed by atoms with Gasteiger partial charge >= 0.3 is 0 Å². The van der Waals surface area contributed by atoms with Crippen molar-refractivity contribution in [2.45, 2.75) is 11.4 Å². The van der Waals surface area contributed by atoms with E-state index < -0.39 is 15.4 Å². The van der Waals surface area contributed by atoms with E-state index in [2.05, 4.69) is 4.90 Å². The van der Waals surface area contributed by atoms with Crippen molar-refractivity contribution in [2.24, 2.45) is 11.3 Å². The fraction of sp³-hybridized carbons (Fsp3) is 0.400. The number of aliphatic hydroxyl groups is 1. The Bertz CT molecular complexity index is 1020. The molecule has 4 rings (SSSR count). The van der Waals surface area contributed by atoms with Crippen LogP contribution in [0, 0.1) is 17.2 Å². The third kappa shape index (κ3) is 3.92. The number of fused-ring (bicyclic) bond motifs is 1. The van der Waals surface area contributed by atoms with Crippen LogP contribution in [0.4, 0.5) is 4.39 Å². The van der Waals surface area contributed by atoms with Crippen LogP contribution in [-0.2, 0) is 16.6 Å². The van der Waals surface area contributed by atoms with Gasteiger partial charge in [0, 0.05) is 43.2 Å². The third-order valence-electron chi connectivity index (χ3n) is 5.94. The average Bonchev–Trinajstić information content (AvgIpc) is 3.20. The number of nitrogens with zero attached hydrogens (tertiary/aromatic N) is 2. The van der Waals surface area contributed by atoms with E-state index in [-0.39, 0.29) is 34.8 Å². The molecule has 2 unspecified atom stereocenters. The van der Waals surface area contributed by atoms with Gasteiger partial charge in [0.05, 0.1) is 11.6 Å². The molecule has 9 heteroatoms. The van der Waals surface area contributed by atoms with Gasteiger partial charge < -0.3 is 5.11 Å². The number of sulfonamides is 1. The van der Waals surface area contributed by atoms with Gasteiger partial charge in [-0.2, -0.15) is 4.31 Å². The van der Waals surface area contributed by atoms with Gasteiger partial charge in [0.25, 0.3) is 0 Å². The molecule has 1 N–H and O–H groups in total. The highest BCUT2D eigenvalue weighted by molar-refractivity contribution is 7.89.